The Kier molecular flexibility index (Phi) is 5.32. The number of carbonyl (C=O) groups is 1. The lowest BCUT2D eigenvalue weighted by Crippen LogP contribution is -2.38. The van der Waals surface area contributed by atoms with E-state index in [0.29, 0.717) is 6.04 Å². The first-order chi connectivity index (χ1) is 10.2. The molecule has 122 valence electrons. The van der Waals surface area contributed by atoms with E-state index >= 15 is 0 Å². The molecule has 2 rings (SSSR count). The zero-order chi connectivity index (χ0) is 16.3. The zero-order valence-electron chi connectivity index (χ0n) is 13.6. The van der Waals surface area contributed by atoms with E-state index in [4.69, 9.17) is 4.74 Å². The van der Waals surface area contributed by atoms with Crippen LogP contribution in [-0.2, 0) is 4.74 Å². The monoisotopic (exact) mass is 369 g/mol. The molecule has 1 saturated carbocycles. The van der Waals surface area contributed by atoms with Gasteiger partial charge in [0.25, 0.3) is 0 Å². The van der Waals surface area contributed by atoms with Gasteiger partial charge in [0.05, 0.1) is 11.4 Å². The molecule has 2 unspecified atom stereocenters. The first-order valence-corrected chi connectivity index (χ1v) is 8.41. The fraction of sp³-hybridized carbons (Fsp3) is 0.625. The molecule has 2 N–H and O–H groups in total. The molecule has 0 bridgehead atoms. The van der Waals surface area contributed by atoms with E-state index in [0.717, 1.165) is 35.2 Å². The highest BCUT2D eigenvalue weighted by Crippen LogP contribution is 2.25. The molecule has 0 aromatic carbocycles. The van der Waals surface area contributed by atoms with Crippen molar-refractivity contribution in [3.8, 4) is 0 Å². The van der Waals surface area contributed by atoms with Crippen molar-refractivity contribution in [2.24, 2.45) is 0 Å². The van der Waals surface area contributed by atoms with Gasteiger partial charge in [-0.25, -0.2) is 9.78 Å². The summed E-state index contributed by atoms with van der Waals surface area (Å²) in [6.07, 6.45) is 2.55. The van der Waals surface area contributed by atoms with Crippen LogP contribution in [0.15, 0.2) is 16.7 Å². The van der Waals surface area contributed by atoms with E-state index in [2.05, 4.69) is 31.5 Å². The predicted molar refractivity (Wildman–Crippen MR) is 91.1 cm³/mol. The standard InChI is InChI=1S/C16H24BrN3O2/c1-10-13(7-8-14(17)18-10)19-11-5-6-12(9-11)20-15(21)22-16(2,3)4/h7-8,11-12,19H,5-6,9H2,1-4H3,(H,20,21). The van der Waals surface area contributed by atoms with Gasteiger partial charge >= 0.3 is 6.09 Å². The van der Waals surface area contributed by atoms with E-state index in [1.54, 1.807) is 0 Å². The molecule has 0 saturated heterocycles. The molecule has 1 aromatic rings. The van der Waals surface area contributed by atoms with Crippen molar-refractivity contribution >= 4 is 27.7 Å². The van der Waals surface area contributed by atoms with Crippen LogP contribution >= 0.6 is 15.9 Å². The van der Waals surface area contributed by atoms with Crippen LogP contribution in [0.3, 0.4) is 0 Å². The second kappa shape index (κ2) is 6.86. The molecule has 6 heteroatoms. The normalized spacial score (nSPS) is 21.5. The van der Waals surface area contributed by atoms with Crippen molar-refractivity contribution in [1.82, 2.24) is 10.3 Å². The van der Waals surface area contributed by atoms with E-state index < -0.39 is 5.60 Å². The second-order valence-electron chi connectivity index (χ2n) is 6.76. The van der Waals surface area contributed by atoms with E-state index in [9.17, 15) is 4.79 Å². The SMILES string of the molecule is Cc1nc(Br)ccc1NC1CCC(NC(=O)OC(C)(C)C)C1. The average molecular weight is 370 g/mol. The van der Waals surface area contributed by atoms with Gasteiger partial charge < -0.3 is 15.4 Å². The van der Waals surface area contributed by atoms with Crippen molar-refractivity contribution < 1.29 is 9.53 Å². The Labute approximate surface area is 140 Å². The maximum atomic E-state index is 11.8. The van der Waals surface area contributed by atoms with Crippen LogP contribution in [-0.4, -0.2) is 28.8 Å². The van der Waals surface area contributed by atoms with Crippen LogP contribution in [0.25, 0.3) is 0 Å². The summed E-state index contributed by atoms with van der Waals surface area (Å²) in [4.78, 5) is 16.2. The van der Waals surface area contributed by atoms with E-state index in [-0.39, 0.29) is 12.1 Å². The Balaban J connectivity index is 1.84. The molecule has 1 aromatic heterocycles. The third kappa shape index (κ3) is 5.16. The Morgan fingerprint density at radius 2 is 2.00 bits per heavy atom. The molecule has 22 heavy (non-hydrogen) atoms. The molecule has 0 spiro atoms. The summed E-state index contributed by atoms with van der Waals surface area (Å²) >= 11 is 3.37. The lowest BCUT2D eigenvalue weighted by molar-refractivity contribution is 0.0505. The third-order valence-corrected chi connectivity index (χ3v) is 4.01. The lowest BCUT2D eigenvalue weighted by Gasteiger charge is -2.22. The fourth-order valence-electron chi connectivity index (χ4n) is 2.62. The summed E-state index contributed by atoms with van der Waals surface area (Å²) in [7, 11) is 0. The molecule has 2 atom stereocenters. The molecular weight excluding hydrogens is 346 g/mol. The molecule has 5 nitrogen and oxygen atoms in total. The van der Waals surface area contributed by atoms with Crippen molar-refractivity contribution in [1.29, 1.82) is 0 Å². The van der Waals surface area contributed by atoms with Gasteiger partial charge in [-0.2, -0.15) is 0 Å². The van der Waals surface area contributed by atoms with Gasteiger partial charge in [-0.1, -0.05) is 0 Å². The number of nitrogens with one attached hydrogen (secondary N) is 2. The van der Waals surface area contributed by atoms with E-state index in [1.807, 2.05) is 39.8 Å². The number of rotatable bonds is 3. The number of hydrogen-bond acceptors (Lipinski definition) is 4. The van der Waals surface area contributed by atoms with Crippen LogP contribution in [0.4, 0.5) is 10.5 Å². The highest BCUT2D eigenvalue weighted by molar-refractivity contribution is 9.10. The van der Waals surface area contributed by atoms with Crippen molar-refractivity contribution in [2.75, 3.05) is 5.32 Å². The highest BCUT2D eigenvalue weighted by Gasteiger charge is 2.27. The number of aromatic nitrogens is 1. The van der Waals surface area contributed by atoms with Gasteiger partial charge in [0.15, 0.2) is 0 Å². The number of halogens is 1. The molecule has 1 fully saturated rings. The number of anilines is 1. The maximum Gasteiger partial charge on any atom is 0.407 e. The first-order valence-electron chi connectivity index (χ1n) is 7.62. The number of aryl methyl sites for hydroxylation is 1. The Morgan fingerprint density at radius 3 is 2.64 bits per heavy atom. The topological polar surface area (TPSA) is 63.2 Å². The van der Waals surface area contributed by atoms with Crippen LogP contribution in [0.1, 0.15) is 45.7 Å². The van der Waals surface area contributed by atoms with Gasteiger partial charge in [-0.15, -0.1) is 0 Å². The number of carbonyl (C=O) groups excluding carboxylic acids is 1. The fourth-order valence-corrected chi connectivity index (χ4v) is 3.02. The molecule has 1 aliphatic rings. The largest absolute Gasteiger partial charge is 0.444 e. The Morgan fingerprint density at radius 1 is 1.32 bits per heavy atom. The Bertz CT molecular complexity index is 543. The minimum Gasteiger partial charge on any atom is -0.444 e. The minimum atomic E-state index is -0.458. The number of amides is 1. The van der Waals surface area contributed by atoms with Crippen LogP contribution < -0.4 is 10.6 Å². The van der Waals surface area contributed by atoms with Gasteiger partial charge in [0.2, 0.25) is 0 Å². The first kappa shape index (κ1) is 17.1. The second-order valence-corrected chi connectivity index (χ2v) is 7.58. The molecule has 1 amide bonds. The Hall–Kier alpha value is -1.30. The van der Waals surface area contributed by atoms with Crippen LogP contribution in [0.5, 0.6) is 0 Å². The third-order valence-electron chi connectivity index (χ3n) is 3.56. The van der Waals surface area contributed by atoms with Gasteiger partial charge in [0.1, 0.15) is 10.2 Å². The molecular formula is C16H24BrN3O2. The maximum absolute atomic E-state index is 11.8. The van der Waals surface area contributed by atoms with Crippen molar-refractivity contribution in [3.05, 3.63) is 22.4 Å². The zero-order valence-corrected chi connectivity index (χ0v) is 15.2. The van der Waals surface area contributed by atoms with E-state index in [1.165, 1.54) is 0 Å². The van der Waals surface area contributed by atoms with Gasteiger partial charge in [0, 0.05) is 12.1 Å². The summed E-state index contributed by atoms with van der Waals surface area (Å²) < 4.78 is 6.14. The average Bonchev–Trinajstić information content (AvgIpc) is 2.77. The van der Waals surface area contributed by atoms with Gasteiger partial charge in [-0.3, -0.25) is 0 Å². The van der Waals surface area contributed by atoms with Crippen LogP contribution in [0.2, 0.25) is 0 Å². The lowest BCUT2D eigenvalue weighted by atomic mass is 10.2. The van der Waals surface area contributed by atoms with Crippen LogP contribution in [0, 0.1) is 6.92 Å². The van der Waals surface area contributed by atoms with Crippen molar-refractivity contribution in [2.45, 2.75) is 64.6 Å². The number of alkyl carbamates (subject to hydrolysis) is 1. The number of pyridine rings is 1. The number of ether oxygens (including phenoxy) is 1. The number of hydrogen-bond donors (Lipinski definition) is 2. The summed E-state index contributed by atoms with van der Waals surface area (Å²) in [5, 5.41) is 6.46. The summed E-state index contributed by atoms with van der Waals surface area (Å²) in [5.74, 6) is 0. The molecule has 0 radical (unpaired) electrons. The quantitative estimate of drug-likeness (QED) is 0.790. The summed E-state index contributed by atoms with van der Waals surface area (Å²) in [5.41, 5.74) is 1.56. The molecule has 1 heterocycles. The minimum absolute atomic E-state index is 0.163. The molecule has 0 aliphatic heterocycles. The molecule has 1 aliphatic carbocycles. The highest BCUT2D eigenvalue weighted by atomic mass is 79.9. The predicted octanol–water partition coefficient (Wildman–Crippen LogP) is 4.01. The summed E-state index contributed by atoms with van der Waals surface area (Å²) in [6, 6.07) is 4.47. The number of nitrogens with zero attached hydrogens (tertiary/aromatic N) is 1. The summed E-state index contributed by atoms with van der Waals surface area (Å²) in [6.45, 7) is 7.59. The van der Waals surface area contributed by atoms with Crippen molar-refractivity contribution in [3.63, 3.8) is 0 Å². The smallest absolute Gasteiger partial charge is 0.407 e. The van der Waals surface area contributed by atoms with Gasteiger partial charge in [-0.05, 0) is 75.0 Å².